The normalized spacial score (nSPS) is 24.2. The molecule has 2 aliphatic heterocycles. The van der Waals surface area contributed by atoms with E-state index < -0.39 is 11.6 Å². The molecule has 7 heteroatoms. The highest BCUT2D eigenvalue weighted by Gasteiger charge is 2.49. The molecule has 2 aliphatic rings. The molecule has 1 aromatic carbocycles. The third kappa shape index (κ3) is 3.37. The van der Waals surface area contributed by atoms with Gasteiger partial charge in [-0.25, -0.2) is 4.79 Å². The fourth-order valence-electron chi connectivity index (χ4n) is 3.25. The van der Waals surface area contributed by atoms with Crippen LogP contribution < -0.4 is 10.6 Å². The van der Waals surface area contributed by atoms with Crippen LogP contribution in [0.3, 0.4) is 0 Å². The second-order valence-corrected chi connectivity index (χ2v) is 6.80. The number of carbonyl (C=O) groups excluding carboxylic acids is 3. The highest BCUT2D eigenvalue weighted by molar-refractivity contribution is 6.09. The lowest BCUT2D eigenvalue weighted by Gasteiger charge is -2.24. The average molecular weight is 344 g/mol. The van der Waals surface area contributed by atoms with Crippen molar-refractivity contribution >= 4 is 17.8 Å². The Balaban J connectivity index is 1.74. The van der Waals surface area contributed by atoms with E-state index in [1.54, 1.807) is 11.8 Å². The van der Waals surface area contributed by atoms with Crippen molar-refractivity contribution in [1.82, 2.24) is 20.4 Å². The summed E-state index contributed by atoms with van der Waals surface area (Å²) >= 11 is 0. The van der Waals surface area contributed by atoms with E-state index in [-0.39, 0.29) is 18.4 Å². The first-order chi connectivity index (χ1) is 11.9. The SMILES string of the molecule is Cc1ccc(C2(C)NC(=O)N(CC(=O)N3CCCNCC3)C2=O)cc1. The molecule has 0 spiro atoms. The summed E-state index contributed by atoms with van der Waals surface area (Å²) in [5, 5.41) is 5.97. The predicted octanol–water partition coefficient (Wildman–Crippen LogP) is 0.584. The topological polar surface area (TPSA) is 81.8 Å². The molecule has 2 saturated heterocycles. The summed E-state index contributed by atoms with van der Waals surface area (Å²) in [6.45, 7) is 6.26. The number of nitrogens with one attached hydrogen (secondary N) is 2. The zero-order chi connectivity index (χ0) is 18.0. The summed E-state index contributed by atoms with van der Waals surface area (Å²) < 4.78 is 0. The lowest BCUT2D eigenvalue weighted by molar-refractivity contribution is -0.138. The van der Waals surface area contributed by atoms with Crippen LogP contribution >= 0.6 is 0 Å². The Bertz CT molecular complexity index is 680. The van der Waals surface area contributed by atoms with Crippen molar-refractivity contribution in [3.05, 3.63) is 35.4 Å². The van der Waals surface area contributed by atoms with Crippen LogP contribution in [-0.4, -0.2) is 60.4 Å². The van der Waals surface area contributed by atoms with E-state index in [1.807, 2.05) is 31.2 Å². The van der Waals surface area contributed by atoms with Gasteiger partial charge in [0.05, 0.1) is 0 Å². The molecule has 3 rings (SSSR count). The Kier molecular flexibility index (Phi) is 4.76. The molecule has 2 heterocycles. The molecular weight excluding hydrogens is 320 g/mol. The summed E-state index contributed by atoms with van der Waals surface area (Å²) in [6, 6.07) is 6.95. The van der Waals surface area contributed by atoms with Gasteiger partial charge in [-0.05, 0) is 32.4 Å². The van der Waals surface area contributed by atoms with Crippen molar-refractivity contribution in [1.29, 1.82) is 0 Å². The monoisotopic (exact) mass is 344 g/mol. The van der Waals surface area contributed by atoms with Gasteiger partial charge in [-0.2, -0.15) is 0 Å². The van der Waals surface area contributed by atoms with Gasteiger partial charge in [-0.15, -0.1) is 0 Å². The minimum absolute atomic E-state index is 0.194. The summed E-state index contributed by atoms with van der Waals surface area (Å²) in [6.07, 6.45) is 0.868. The molecule has 25 heavy (non-hydrogen) atoms. The first-order valence-corrected chi connectivity index (χ1v) is 8.61. The van der Waals surface area contributed by atoms with Crippen LogP contribution in [0.4, 0.5) is 4.79 Å². The van der Waals surface area contributed by atoms with Crippen LogP contribution in [0.25, 0.3) is 0 Å². The van der Waals surface area contributed by atoms with Gasteiger partial charge in [0.25, 0.3) is 5.91 Å². The molecule has 1 atom stereocenters. The number of benzene rings is 1. The fourth-order valence-corrected chi connectivity index (χ4v) is 3.25. The van der Waals surface area contributed by atoms with E-state index in [4.69, 9.17) is 0 Å². The van der Waals surface area contributed by atoms with E-state index in [1.165, 1.54) is 0 Å². The third-order valence-electron chi connectivity index (χ3n) is 4.89. The molecule has 0 aromatic heterocycles. The first kappa shape index (κ1) is 17.4. The number of hydrogen-bond donors (Lipinski definition) is 2. The highest BCUT2D eigenvalue weighted by atomic mass is 16.2. The Morgan fingerprint density at radius 3 is 2.60 bits per heavy atom. The largest absolute Gasteiger partial charge is 0.340 e. The maximum atomic E-state index is 12.9. The second-order valence-electron chi connectivity index (χ2n) is 6.80. The van der Waals surface area contributed by atoms with Crippen LogP contribution in [0.2, 0.25) is 0 Å². The van der Waals surface area contributed by atoms with Crippen molar-refractivity contribution in [2.24, 2.45) is 0 Å². The van der Waals surface area contributed by atoms with E-state index in [0.717, 1.165) is 30.0 Å². The van der Waals surface area contributed by atoms with Gasteiger partial charge in [-0.1, -0.05) is 29.8 Å². The van der Waals surface area contributed by atoms with Crippen molar-refractivity contribution in [2.75, 3.05) is 32.7 Å². The van der Waals surface area contributed by atoms with Crippen LogP contribution in [-0.2, 0) is 15.1 Å². The van der Waals surface area contributed by atoms with E-state index in [0.29, 0.717) is 18.7 Å². The highest BCUT2D eigenvalue weighted by Crippen LogP contribution is 2.29. The molecule has 0 aliphatic carbocycles. The number of hydrogen-bond acceptors (Lipinski definition) is 4. The molecule has 0 saturated carbocycles. The number of carbonyl (C=O) groups is 3. The predicted molar refractivity (Wildman–Crippen MR) is 92.8 cm³/mol. The molecule has 1 aromatic rings. The summed E-state index contributed by atoms with van der Waals surface area (Å²) in [7, 11) is 0. The third-order valence-corrected chi connectivity index (χ3v) is 4.89. The Morgan fingerprint density at radius 1 is 1.16 bits per heavy atom. The molecule has 2 fully saturated rings. The van der Waals surface area contributed by atoms with Crippen molar-refractivity contribution in [3.8, 4) is 0 Å². The quantitative estimate of drug-likeness (QED) is 0.786. The number of rotatable bonds is 3. The van der Waals surface area contributed by atoms with Gasteiger partial charge in [-0.3, -0.25) is 14.5 Å². The number of urea groups is 1. The van der Waals surface area contributed by atoms with Crippen LogP contribution in [0, 0.1) is 6.92 Å². The standard InChI is InChI=1S/C18H24N4O3/c1-13-4-6-14(7-5-13)18(2)16(24)22(17(25)20-18)12-15(23)21-10-3-8-19-9-11-21/h4-7,19H,3,8-12H2,1-2H3,(H,20,25). The molecule has 7 nitrogen and oxygen atoms in total. The van der Waals surface area contributed by atoms with Crippen LogP contribution in [0.1, 0.15) is 24.5 Å². The Hall–Kier alpha value is -2.41. The molecule has 1 unspecified atom stereocenters. The van der Waals surface area contributed by atoms with E-state index in [2.05, 4.69) is 10.6 Å². The molecule has 2 N–H and O–H groups in total. The van der Waals surface area contributed by atoms with Crippen molar-refractivity contribution < 1.29 is 14.4 Å². The van der Waals surface area contributed by atoms with E-state index in [9.17, 15) is 14.4 Å². The van der Waals surface area contributed by atoms with Crippen LogP contribution in [0.5, 0.6) is 0 Å². The van der Waals surface area contributed by atoms with Gasteiger partial charge in [0, 0.05) is 19.6 Å². The Morgan fingerprint density at radius 2 is 1.88 bits per heavy atom. The fraction of sp³-hybridized carbons (Fsp3) is 0.500. The zero-order valence-corrected chi connectivity index (χ0v) is 14.7. The lowest BCUT2D eigenvalue weighted by atomic mass is 9.91. The zero-order valence-electron chi connectivity index (χ0n) is 14.7. The maximum absolute atomic E-state index is 12.9. The molecule has 134 valence electrons. The summed E-state index contributed by atoms with van der Waals surface area (Å²) in [5.41, 5.74) is 0.655. The lowest BCUT2D eigenvalue weighted by Crippen LogP contribution is -2.45. The number of imide groups is 1. The molecule has 0 bridgehead atoms. The van der Waals surface area contributed by atoms with Gasteiger partial charge >= 0.3 is 6.03 Å². The maximum Gasteiger partial charge on any atom is 0.325 e. The smallest absolute Gasteiger partial charge is 0.325 e. The van der Waals surface area contributed by atoms with Crippen molar-refractivity contribution in [2.45, 2.75) is 25.8 Å². The number of aryl methyl sites for hydroxylation is 1. The number of nitrogens with zero attached hydrogens (tertiary/aromatic N) is 2. The summed E-state index contributed by atoms with van der Waals surface area (Å²) in [5.74, 6) is -0.581. The van der Waals surface area contributed by atoms with Gasteiger partial charge in [0.1, 0.15) is 12.1 Å². The first-order valence-electron chi connectivity index (χ1n) is 8.61. The molecular formula is C18H24N4O3. The van der Waals surface area contributed by atoms with Gasteiger partial charge < -0.3 is 15.5 Å². The second kappa shape index (κ2) is 6.84. The van der Waals surface area contributed by atoms with Crippen LogP contribution in [0.15, 0.2) is 24.3 Å². The molecule has 4 amide bonds. The Labute approximate surface area is 147 Å². The average Bonchev–Trinajstić information content (AvgIpc) is 2.81. The number of amides is 4. The van der Waals surface area contributed by atoms with E-state index >= 15 is 0 Å². The minimum atomic E-state index is -1.13. The minimum Gasteiger partial charge on any atom is -0.340 e. The van der Waals surface area contributed by atoms with Gasteiger partial charge in [0.2, 0.25) is 5.91 Å². The molecule has 0 radical (unpaired) electrons. The van der Waals surface area contributed by atoms with Crippen molar-refractivity contribution in [3.63, 3.8) is 0 Å². The van der Waals surface area contributed by atoms with Gasteiger partial charge in [0.15, 0.2) is 0 Å². The summed E-state index contributed by atoms with van der Waals surface area (Å²) in [4.78, 5) is 40.5.